The average molecular weight is 415 g/mol. The summed E-state index contributed by atoms with van der Waals surface area (Å²) in [5.41, 5.74) is -2.13. The number of methoxy groups -OCH3 is 1. The lowest BCUT2D eigenvalue weighted by atomic mass is 10.1. The maximum atomic E-state index is 12.6. The number of aliphatic hydroxyl groups is 1. The number of carbonyl (C=O) groups is 3. The van der Waals surface area contributed by atoms with Crippen molar-refractivity contribution in [3.05, 3.63) is 0 Å². The SMILES string of the molecule is COC(=O)[C@H](CCC(O)C(F)(F)F)N(C(=O)OC(C)(C)C)C(=O)OC(C)(C)C. The van der Waals surface area contributed by atoms with E-state index in [4.69, 9.17) is 9.47 Å². The normalized spacial score (nSPS) is 14.7. The Hall–Kier alpha value is -2.04. The number of nitrogens with zero attached hydrogens (tertiary/aromatic N) is 1. The zero-order valence-corrected chi connectivity index (χ0v) is 17.0. The smallest absolute Gasteiger partial charge is 0.420 e. The molecule has 0 saturated heterocycles. The first-order valence-electron chi connectivity index (χ1n) is 8.47. The molecule has 0 rings (SSSR count). The summed E-state index contributed by atoms with van der Waals surface area (Å²) in [6, 6.07) is -1.79. The highest BCUT2D eigenvalue weighted by molar-refractivity contribution is 5.94. The molecule has 1 N–H and O–H groups in total. The Morgan fingerprint density at radius 3 is 1.57 bits per heavy atom. The van der Waals surface area contributed by atoms with Crippen LogP contribution < -0.4 is 0 Å². The predicted octanol–water partition coefficient (Wildman–Crippen LogP) is 3.40. The number of alkyl halides is 3. The fourth-order valence-electron chi connectivity index (χ4n) is 1.92. The number of rotatable bonds is 5. The van der Waals surface area contributed by atoms with Crippen LogP contribution in [0, 0.1) is 0 Å². The van der Waals surface area contributed by atoms with E-state index in [2.05, 4.69) is 4.74 Å². The van der Waals surface area contributed by atoms with Crippen LogP contribution in [0.2, 0.25) is 0 Å². The van der Waals surface area contributed by atoms with Crippen LogP contribution in [0.5, 0.6) is 0 Å². The first kappa shape index (κ1) is 26.0. The van der Waals surface area contributed by atoms with Gasteiger partial charge in [-0.25, -0.2) is 14.4 Å². The van der Waals surface area contributed by atoms with Crippen molar-refractivity contribution in [1.82, 2.24) is 4.90 Å². The van der Waals surface area contributed by atoms with Crippen LogP contribution in [-0.4, -0.2) is 64.8 Å². The molecular weight excluding hydrogens is 387 g/mol. The molecule has 0 bridgehead atoms. The third-order valence-electron chi connectivity index (χ3n) is 3.06. The van der Waals surface area contributed by atoms with Crippen molar-refractivity contribution in [2.24, 2.45) is 0 Å². The Kier molecular flexibility index (Phi) is 8.75. The fraction of sp³-hybridized carbons (Fsp3) is 0.824. The number of carbonyl (C=O) groups excluding carboxylic acids is 3. The quantitative estimate of drug-likeness (QED) is 0.542. The third-order valence-corrected chi connectivity index (χ3v) is 3.06. The fourth-order valence-corrected chi connectivity index (χ4v) is 1.92. The molecule has 0 spiro atoms. The van der Waals surface area contributed by atoms with Crippen LogP contribution in [0.4, 0.5) is 22.8 Å². The van der Waals surface area contributed by atoms with Gasteiger partial charge in [0.05, 0.1) is 7.11 Å². The predicted molar refractivity (Wildman–Crippen MR) is 91.4 cm³/mol. The van der Waals surface area contributed by atoms with E-state index < -0.39 is 60.5 Å². The molecule has 28 heavy (non-hydrogen) atoms. The lowest BCUT2D eigenvalue weighted by Gasteiger charge is -2.32. The van der Waals surface area contributed by atoms with Gasteiger partial charge in [-0.3, -0.25) is 0 Å². The molecule has 11 heteroatoms. The monoisotopic (exact) mass is 415 g/mol. The molecule has 0 saturated carbocycles. The minimum atomic E-state index is -4.93. The number of esters is 1. The molecule has 2 atom stereocenters. The van der Waals surface area contributed by atoms with Crippen molar-refractivity contribution in [1.29, 1.82) is 0 Å². The maximum absolute atomic E-state index is 12.6. The minimum absolute atomic E-state index is 0.269. The molecule has 164 valence electrons. The summed E-state index contributed by atoms with van der Waals surface area (Å²) in [4.78, 5) is 37.4. The molecule has 1 unspecified atom stereocenters. The zero-order chi connectivity index (χ0) is 22.5. The van der Waals surface area contributed by atoms with E-state index in [1.165, 1.54) is 41.5 Å². The van der Waals surface area contributed by atoms with Gasteiger partial charge in [-0.1, -0.05) is 0 Å². The number of halogens is 3. The van der Waals surface area contributed by atoms with Gasteiger partial charge in [0.15, 0.2) is 0 Å². The Balaban J connectivity index is 5.84. The summed E-state index contributed by atoms with van der Waals surface area (Å²) in [6.07, 6.45) is -11.9. The highest BCUT2D eigenvalue weighted by Gasteiger charge is 2.43. The highest BCUT2D eigenvalue weighted by atomic mass is 19.4. The molecule has 0 aliphatic heterocycles. The summed E-state index contributed by atoms with van der Waals surface area (Å²) in [5, 5.41) is 9.19. The van der Waals surface area contributed by atoms with Gasteiger partial charge in [-0.05, 0) is 54.4 Å². The summed E-state index contributed by atoms with van der Waals surface area (Å²) in [7, 11) is 0.942. The Morgan fingerprint density at radius 1 is 0.893 bits per heavy atom. The van der Waals surface area contributed by atoms with Crippen LogP contribution in [0.25, 0.3) is 0 Å². The van der Waals surface area contributed by atoms with Crippen molar-refractivity contribution in [3.8, 4) is 0 Å². The Morgan fingerprint density at radius 2 is 1.29 bits per heavy atom. The van der Waals surface area contributed by atoms with E-state index in [-0.39, 0.29) is 4.90 Å². The molecule has 0 aliphatic rings. The van der Waals surface area contributed by atoms with Gasteiger partial charge in [-0.2, -0.15) is 18.1 Å². The molecule has 0 radical (unpaired) electrons. The first-order valence-corrected chi connectivity index (χ1v) is 8.47. The van der Waals surface area contributed by atoms with Crippen molar-refractivity contribution < 1.29 is 46.9 Å². The summed E-state index contributed by atoms with van der Waals surface area (Å²) in [5.74, 6) is -1.16. The molecule has 0 aromatic heterocycles. The molecule has 0 aromatic rings. The summed E-state index contributed by atoms with van der Waals surface area (Å²) >= 11 is 0. The highest BCUT2D eigenvalue weighted by Crippen LogP contribution is 2.26. The van der Waals surface area contributed by atoms with Gasteiger partial charge >= 0.3 is 24.3 Å². The van der Waals surface area contributed by atoms with E-state index in [1.807, 2.05) is 0 Å². The average Bonchev–Trinajstić information content (AvgIpc) is 2.45. The number of imide groups is 1. The van der Waals surface area contributed by atoms with Gasteiger partial charge in [0.1, 0.15) is 23.3 Å². The molecule has 0 heterocycles. The number of hydrogen-bond acceptors (Lipinski definition) is 7. The van der Waals surface area contributed by atoms with Gasteiger partial charge < -0.3 is 19.3 Å². The van der Waals surface area contributed by atoms with Gasteiger partial charge in [0.2, 0.25) is 0 Å². The Labute approximate surface area is 161 Å². The molecule has 2 amide bonds. The van der Waals surface area contributed by atoms with Gasteiger partial charge in [0, 0.05) is 0 Å². The topological polar surface area (TPSA) is 102 Å². The second kappa shape index (κ2) is 9.44. The molecule has 0 fully saturated rings. The van der Waals surface area contributed by atoms with E-state index in [0.717, 1.165) is 7.11 Å². The largest absolute Gasteiger partial charge is 0.467 e. The lowest BCUT2D eigenvalue weighted by Crippen LogP contribution is -2.52. The van der Waals surface area contributed by atoms with Crippen molar-refractivity contribution in [2.75, 3.05) is 7.11 Å². The van der Waals surface area contributed by atoms with Crippen LogP contribution in [0.1, 0.15) is 54.4 Å². The molecule has 8 nitrogen and oxygen atoms in total. The van der Waals surface area contributed by atoms with Crippen molar-refractivity contribution >= 4 is 18.2 Å². The van der Waals surface area contributed by atoms with E-state index >= 15 is 0 Å². The van der Waals surface area contributed by atoms with Crippen LogP contribution in [0.3, 0.4) is 0 Å². The van der Waals surface area contributed by atoms with Crippen LogP contribution in [0.15, 0.2) is 0 Å². The van der Waals surface area contributed by atoms with Crippen LogP contribution in [-0.2, 0) is 19.0 Å². The standard InChI is InChI=1S/C17H28F3NO7/c1-15(2,3)27-13(24)21(14(25)28-16(4,5)6)10(12(23)26-7)8-9-11(22)17(18,19)20/h10-11,22H,8-9H2,1-7H3/t10-,11?/m0/s1. The first-order chi connectivity index (χ1) is 12.4. The number of amides is 2. The zero-order valence-electron chi connectivity index (χ0n) is 17.0. The number of ether oxygens (including phenoxy) is 3. The van der Waals surface area contributed by atoms with Crippen molar-refractivity contribution in [2.45, 2.75) is 83.9 Å². The number of aliphatic hydroxyl groups excluding tert-OH is 1. The molecular formula is C17H28F3NO7. The minimum Gasteiger partial charge on any atom is -0.467 e. The second-order valence-corrected chi connectivity index (χ2v) is 8.00. The van der Waals surface area contributed by atoms with Gasteiger partial charge in [-0.15, -0.1) is 0 Å². The summed E-state index contributed by atoms with van der Waals surface area (Å²) < 4.78 is 52.4. The summed E-state index contributed by atoms with van der Waals surface area (Å²) in [6.45, 7) is 8.99. The van der Waals surface area contributed by atoms with E-state index in [1.54, 1.807) is 0 Å². The third kappa shape index (κ3) is 9.25. The molecule has 0 aliphatic carbocycles. The Bertz CT molecular complexity index is 537. The van der Waals surface area contributed by atoms with E-state index in [0.29, 0.717) is 0 Å². The van der Waals surface area contributed by atoms with E-state index in [9.17, 15) is 32.7 Å². The van der Waals surface area contributed by atoms with Gasteiger partial charge in [0.25, 0.3) is 0 Å². The lowest BCUT2D eigenvalue weighted by molar-refractivity contribution is -0.206. The maximum Gasteiger partial charge on any atom is 0.420 e. The second-order valence-electron chi connectivity index (χ2n) is 8.00. The van der Waals surface area contributed by atoms with Crippen LogP contribution >= 0.6 is 0 Å². The number of hydrogen-bond donors (Lipinski definition) is 1. The molecule has 0 aromatic carbocycles. The van der Waals surface area contributed by atoms with Crippen molar-refractivity contribution in [3.63, 3.8) is 0 Å².